The monoisotopic (exact) mass is 1250 g/mol. The number of unbranched alkanes of at least 4 members (excludes halogenated alkanes) is 6. The average molecular weight is 1250 g/mol. The summed E-state index contributed by atoms with van der Waals surface area (Å²) in [5.41, 5.74) is 22.2. The molecular formula is C61H99N15O13. The van der Waals surface area contributed by atoms with E-state index in [4.69, 9.17) is 22.9 Å². The number of aliphatic hydroxyl groups is 2. The van der Waals surface area contributed by atoms with E-state index < -0.39 is 138 Å². The van der Waals surface area contributed by atoms with Gasteiger partial charge in [-0.2, -0.15) is 0 Å². The highest BCUT2D eigenvalue weighted by atomic mass is 16.3. The van der Waals surface area contributed by atoms with Crippen molar-refractivity contribution >= 4 is 65.0 Å². The molecule has 28 nitrogen and oxygen atoms in total. The van der Waals surface area contributed by atoms with Gasteiger partial charge in [-0.1, -0.05) is 120 Å². The van der Waals surface area contributed by atoms with Crippen LogP contribution in [0.25, 0.3) is 0 Å². The summed E-state index contributed by atoms with van der Waals surface area (Å²) in [4.78, 5) is 155. The number of nitrogens with one attached hydrogen (secondary N) is 11. The lowest BCUT2D eigenvalue weighted by Crippen LogP contribution is -2.63. The zero-order chi connectivity index (χ0) is 66.1. The maximum absolute atomic E-state index is 14.6. The molecule has 1 heterocycles. The maximum Gasteiger partial charge on any atom is 0.272 e. The van der Waals surface area contributed by atoms with Gasteiger partial charge in [-0.3, -0.25) is 52.7 Å². The summed E-state index contributed by atoms with van der Waals surface area (Å²) in [6.45, 7) is 6.60. The number of amides is 11. The van der Waals surface area contributed by atoms with Crippen molar-refractivity contribution in [2.75, 3.05) is 32.7 Å². The van der Waals surface area contributed by atoms with Gasteiger partial charge in [-0.25, -0.2) is 0 Å². The number of nitrogens with two attached hydrogens (primary N) is 4. The second kappa shape index (κ2) is 40.1. The molecule has 11 atom stereocenters. The van der Waals surface area contributed by atoms with Crippen molar-refractivity contribution in [2.45, 2.75) is 204 Å². The Bertz CT molecular complexity index is 2600. The highest BCUT2D eigenvalue weighted by Gasteiger charge is 2.39. The lowest BCUT2D eigenvalue weighted by atomic mass is 10.00. The minimum absolute atomic E-state index is 0.0272. The predicted molar refractivity (Wildman–Crippen MR) is 332 cm³/mol. The van der Waals surface area contributed by atoms with Crippen LogP contribution >= 0.6 is 0 Å². The topological polar surface area (TPSA) is 465 Å². The summed E-state index contributed by atoms with van der Waals surface area (Å²) in [6.07, 6.45) is 3.93. The number of carbonyl (C=O) groups is 11. The Balaban J connectivity index is 2.05. The number of hydrogen-bond donors (Lipinski definition) is 17. The van der Waals surface area contributed by atoms with Crippen LogP contribution < -0.4 is 81.4 Å². The van der Waals surface area contributed by atoms with Gasteiger partial charge in [-0.15, -0.1) is 0 Å². The Labute approximate surface area is 521 Å². The summed E-state index contributed by atoms with van der Waals surface area (Å²) < 4.78 is 0. The van der Waals surface area contributed by atoms with Crippen molar-refractivity contribution in [1.29, 1.82) is 0 Å². The fourth-order valence-corrected chi connectivity index (χ4v) is 9.78. The zero-order valence-electron chi connectivity index (χ0n) is 52.2. The van der Waals surface area contributed by atoms with Crippen molar-refractivity contribution in [1.82, 2.24) is 58.5 Å². The first-order chi connectivity index (χ1) is 42.4. The van der Waals surface area contributed by atoms with Crippen LogP contribution in [-0.4, -0.2) is 174 Å². The molecule has 11 amide bonds. The smallest absolute Gasteiger partial charge is 0.272 e. The molecule has 0 unspecified atom stereocenters. The van der Waals surface area contributed by atoms with Gasteiger partial charge in [0.25, 0.3) is 5.91 Å². The largest absolute Gasteiger partial charge is 0.391 e. The van der Waals surface area contributed by atoms with E-state index in [0.717, 1.165) is 45.4 Å². The first kappa shape index (κ1) is 75.6. The van der Waals surface area contributed by atoms with Gasteiger partial charge in [0.1, 0.15) is 54.4 Å². The number of benzene rings is 2. The van der Waals surface area contributed by atoms with Gasteiger partial charge >= 0.3 is 0 Å². The molecule has 28 heteroatoms. The van der Waals surface area contributed by atoms with Crippen LogP contribution in [0, 0.1) is 5.92 Å². The third-order valence-corrected chi connectivity index (χ3v) is 14.8. The van der Waals surface area contributed by atoms with Crippen LogP contribution in [0.2, 0.25) is 0 Å². The molecule has 0 spiro atoms. The van der Waals surface area contributed by atoms with Gasteiger partial charge in [-0.05, 0) is 102 Å². The third-order valence-electron chi connectivity index (χ3n) is 14.8. The van der Waals surface area contributed by atoms with Crippen LogP contribution in [-0.2, 0) is 65.6 Å². The molecule has 496 valence electrons. The number of carbonyl (C=O) groups excluding carboxylic acids is 11. The zero-order valence-corrected chi connectivity index (χ0v) is 52.2. The second-order valence-corrected chi connectivity index (χ2v) is 23.1. The highest BCUT2D eigenvalue weighted by molar-refractivity contribution is 5.99. The molecule has 21 N–H and O–H groups in total. The van der Waals surface area contributed by atoms with E-state index in [1.165, 1.54) is 6.92 Å². The predicted octanol–water partition coefficient (Wildman–Crippen LogP) is -2.86. The number of aliphatic hydroxyl groups excluding tert-OH is 1. The molecule has 1 aliphatic rings. The lowest BCUT2D eigenvalue weighted by Gasteiger charge is -2.29. The SMILES string of the molecule is CCCCCCCCCC(=O)N[C@@H](Cc1ccccc1)C(=O)N[C@H](C(=O)N[C@@H](CCN)C(=O)N[C@H]1CCNC(=O)[C@](C)(O)NC(=O)[C@H](CCN)NC(=O)[C@H](CCN)NC(=O)[C@H](CC(C)C)NC(=O)[C@@H](Cc2ccccc2)NC(=O)[C@H](CCN)NC1=O)[C@@H](C)O. The molecule has 1 fully saturated rings. The van der Waals surface area contributed by atoms with Gasteiger partial charge in [0, 0.05) is 25.8 Å². The summed E-state index contributed by atoms with van der Waals surface area (Å²) in [7, 11) is 0. The summed E-state index contributed by atoms with van der Waals surface area (Å²) in [5.74, 6) is -10.3. The minimum atomic E-state index is -2.70. The van der Waals surface area contributed by atoms with Crippen LogP contribution in [0.15, 0.2) is 60.7 Å². The lowest BCUT2D eigenvalue weighted by molar-refractivity contribution is -0.148. The van der Waals surface area contributed by atoms with Crippen molar-refractivity contribution in [3.63, 3.8) is 0 Å². The molecular weight excluding hydrogens is 1150 g/mol. The minimum Gasteiger partial charge on any atom is -0.391 e. The quantitative estimate of drug-likeness (QED) is 0.0350. The van der Waals surface area contributed by atoms with E-state index in [9.17, 15) is 63.0 Å². The van der Waals surface area contributed by atoms with E-state index in [-0.39, 0.29) is 89.4 Å². The molecule has 2 aromatic rings. The first-order valence-corrected chi connectivity index (χ1v) is 31.0. The molecule has 1 saturated heterocycles. The Hall–Kier alpha value is -7.63. The third kappa shape index (κ3) is 27.3. The van der Waals surface area contributed by atoms with E-state index in [2.05, 4.69) is 65.4 Å². The van der Waals surface area contributed by atoms with Crippen LogP contribution in [0.1, 0.15) is 136 Å². The molecule has 2 aromatic carbocycles. The van der Waals surface area contributed by atoms with E-state index in [1.54, 1.807) is 74.5 Å². The fraction of sp³-hybridized carbons (Fsp3) is 0.623. The normalized spacial score (nSPS) is 22.4. The molecule has 0 bridgehead atoms. The van der Waals surface area contributed by atoms with Crippen LogP contribution in [0.5, 0.6) is 0 Å². The highest BCUT2D eigenvalue weighted by Crippen LogP contribution is 2.14. The van der Waals surface area contributed by atoms with Gasteiger partial charge in [0.15, 0.2) is 0 Å². The molecule has 3 rings (SSSR count). The Kier molecular flexibility index (Phi) is 34.1. The van der Waals surface area contributed by atoms with Crippen molar-refractivity contribution in [2.24, 2.45) is 28.9 Å². The number of hydrogen-bond acceptors (Lipinski definition) is 17. The fourth-order valence-electron chi connectivity index (χ4n) is 9.78. The Morgan fingerprint density at radius 2 is 1.08 bits per heavy atom. The second-order valence-electron chi connectivity index (χ2n) is 23.1. The maximum atomic E-state index is 14.6. The van der Waals surface area contributed by atoms with E-state index >= 15 is 0 Å². The standard InChI is InChI=1S/C61H99N15O13/c1-6-7-8-9-10-11-18-23-49(78)67-47(35-39-19-14-12-15-20-39)57(85)75-50(38(4)77)59(87)72-43(26-31-64)52(80)71-45-28-33-66-60(88)61(5,89)76-58(86)44(27-32-65)70-51(79)41(24-29-62)69-55(83)46(34-37(2)3)73-56(84)48(36-40-21-16-13-17-22-40)74-53(81)42(25-30-63)68-54(45)82/h12-17,19-22,37-38,41-48,50,77,89H,6-11,18,23-36,62-65H2,1-5H3,(H,66,88)(H,67,78)(H,68,82)(H,69,83)(H,70,79)(H,71,80)(H,72,87)(H,73,84)(H,74,81)(H,75,85)(H,76,86)/t38-,41+,42+,43+,44+,45+,46+,47+,48-,50+,61+/m1/s1. The van der Waals surface area contributed by atoms with E-state index in [1.807, 2.05) is 0 Å². The summed E-state index contributed by atoms with van der Waals surface area (Å²) in [6, 6.07) is 4.14. The van der Waals surface area contributed by atoms with Gasteiger partial charge < -0.3 is 91.6 Å². The van der Waals surface area contributed by atoms with Gasteiger partial charge in [0.05, 0.1) is 6.10 Å². The van der Waals surface area contributed by atoms with Crippen molar-refractivity contribution < 1.29 is 63.0 Å². The van der Waals surface area contributed by atoms with Crippen LogP contribution in [0.4, 0.5) is 0 Å². The van der Waals surface area contributed by atoms with Crippen LogP contribution in [0.3, 0.4) is 0 Å². The first-order valence-electron chi connectivity index (χ1n) is 31.0. The molecule has 0 aromatic heterocycles. The molecule has 0 aliphatic carbocycles. The molecule has 0 radical (unpaired) electrons. The Morgan fingerprint density at radius 1 is 0.584 bits per heavy atom. The molecule has 89 heavy (non-hydrogen) atoms. The summed E-state index contributed by atoms with van der Waals surface area (Å²) >= 11 is 0. The van der Waals surface area contributed by atoms with E-state index in [0.29, 0.717) is 17.5 Å². The van der Waals surface area contributed by atoms with Crippen molar-refractivity contribution in [3.8, 4) is 0 Å². The molecule has 1 aliphatic heterocycles. The van der Waals surface area contributed by atoms with Gasteiger partial charge in [0.2, 0.25) is 64.8 Å². The Morgan fingerprint density at radius 3 is 1.62 bits per heavy atom. The number of rotatable bonds is 30. The molecule has 0 saturated carbocycles. The average Bonchev–Trinajstić information content (AvgIpc) is 3.71. The van der Waals surface area contributed by atoms with Crippen molar-refractivity contribution in [3.05, 3.63) is 71.8 Å². The summed E-state index contributed by atoms with van der Waals surface area (Å²) in [5, 5.41) is 50.3.